The lowest BCUT2D eigenvalue weighted by atomic mass is 10.1. The summed E-state index contributed by atoms with van der Waals surface area (Å²) in [5.74, 6) is 1.60. The van der Waals surface area contributed by atoms with Gasteiger partial charge in [0.25, 0.3) is 0 Å². The Morgan fingerprint density at radius 1 is 1.15 bits per heavy atom. The smallest absolute Gasteiger partial charge is 0.129 e. The molecule has 2 aliphatic rings. The number of nitrogens with zero attached hydrogens (tertiary/aromatic N) is 1. The van der Waals surface area contributed by atoms with Crippen molar-refractivity contribution >= 4 is 5.69 Å². The van der Waals surface area contributed by atoms with Crippen molar-refractivity contribution in [3.63, 3.8) is 0 Å². The molecule has 0 saturated heterocycles. The van der Waals surface area contributed by atoms with Crippen LogP contribution in [0, 0.1) is 17.7 Å². The van der Waals surface area contributed by atoms with E-state index in [4.69, 9.17) is 0 Å². The minimum Gasteiger partial charge on any atom is -0.371 e. The van der Waals surface area contributed by atoms with Gasteiger partial charge in [-0.3, -0.25) is 0 Å². The van der Waals surface area contributed by atoms with Crippen LogP contribution in [-0.4, -0.2) is 19.6 Å². The molecule has 2 nitrogen and oxygen atoms in total. The molecule has 0 spiro atoms. The van der Waals surface area contributed by atoms with Crippen molar-refractivity contribution in [1.29, 1.82) is 0 Å². The number of hydrogen-bond acceptors (Lipinski definition) is 2. The highest BCUT2D eigenvalue weighted by Gasteiger charge is 2.30. The monoisotopic (exact) mass is 276 g/mol. The fraction of sp³-hybridized carbons (Fsp3) is 0.647. The first kappa shape index (κ1) is 13.9. The maximum absolute atomic E-state index is 14.2. The van der Waals surface area contributed by atoms with Crippen LogP contribution < -0.4 is 10.2 Å². The van der Waals surface area contributed by atoms with Gasteiger partial charge in [0.1, 0.15) is 5.82 Å². The molecule has 0 unspecified atom stereocenters. The van der Waals surface area contributed by atoms with Crippen LogP contribution in [0.25, 0.3) is 0 Å². The van der Waals surface area contributed by atoms with Gasteiger partial charge in [0, 0.05) is 30.9 Å². The van der Waals surface area contributed by atoms with Crippen molar-refractivity contribution in [2.45, 2.75) is 39.2 Å². The second-order valence-corrected chi connectivity index (χ2v) is 6.31. The fourth-order valence-electron chi connectivity index (χ4n) is 2.76. The van der Waals surface area contributed by atoms with Crippen molar-refractivity contribution in [3.8, 4) is 0 Å². The van der Waals surface area contributed by atoms with Gasteiger partial charge in [-0.25, -0.2) is 4.39 Å². The van der Waals surface area contributed by atoms with Gasteiger partial charge in [-0.15, -0.1) is 0 Å². The summed E-state index contributed by atoms with van der Waals surface area (Å²) in [7, 11) is 0. The first-order valence-electron chi connectivity index (χ1n) is 8.01. The normalized spacial score (nSPS) is 18.3. The molecule has 1 aromatic rings. The van der Waals surface area contributed by atoms with E-state index >= 15 is 0 Å². The molecule has 0 amide bonds. The van der Waals surface area contributed by atoms with E-state index in [9.17, 15) is 4.39 Å². The second-order valence-electron chi connectivity index (χ2n) is 6.31. The van der Waals surface area contributed by atoms with Crippen LogP contribution in [0.4, 0.5) is 10.1 Å². The van der Waals surface area contributed by atoms with E-state index in [0.717, 1.165) is 42.7 Å². The molecular formula is C17H25FN2. The molecule has 3 rings (SSSR count). The van der Waals surface area contributed by atoms with Crippen LogP contribution in [0.3, 0.4) is 0 Å². The van der Waals surface area contributed by atoms with Crippen LogP contribution in [-0.2, 0) is 6.54 Å². The fourth-order valence-corrected chi connectivity index (χ4v) is 2.76. The Kier molecular flexibility index (Phi) is 4.25. The van der Waals surface area contributed by atoms with Crippen molar-refractivity contribution in [3.05, 3.63) is 29.6 Å². The first-order chi connectivity index (χ1) is 9.78. The molecule has 20 heavy (non-hydrogen) atoms. The molecule has 0 aromatic heterocycles. The lowest BCUT2D eigenvalue weighted by molar-refractivity contribution is 0.587. The van der Waals surface area contributed by atoms with E-state index in [1.165, 1.54) is 25.7 Å². The second kappa shape index (κ2) is 6.13. The Morgan fingerprint density at radius 3 is 2.35 bits per heavy atom. The van der Waals surface area contributed by atoms with Crippen molar-refractivity contribution in [1.82, 2.24) is 5.32 Å². The topological polar surface area (TPSA) is 15.3 Å². The first-order valence-corrected chi connectivity index (χ1v) is 8.01. The molecule has 2 aliphatic carbocycles. The molecule has 0 bridgehead atoms. The Bertz CT molecular complexity index is 438. The summed E-state index contributed by atoms with van der Waals surface area (Å²) in [5.41, 5.74) is 1.96. The van der Waals surface area contributed by atoms with Crippen LogP contribution in [0.5, 0.6) is 0 Å². The molecule has 2 fully saturated rings. The summed E-state index contributed by atoms with van der Waals surface area (Å²) in [6.45, 7) is 5.79. The number of benzene rings is 1. The zero-order valence-corrected chi connectivity index (χ0v) is 12.4. The van der Waals surface area contributed by atoms with Gasteiger partial charge in [-0.05, 0) is 56.2 Å². The van der Waals surface area contributed by atoms with E-state index in [0.29, 0.717) is 6.54 Å². The van der Waals surface area contributed by atoms with Gasteiger partial charge >= 0.3 is 0 Å². The highest BCUT2D eigenvalue weighted by Crippen LogP contribution is 2.37. The SMILES string of the molecule is CCNCc1c(F)cccc1N(CC1CC1)CC1CC1. The van der Waals surface area contributed by atoms with Crippen molar-refractivity contribution < 1.29 is 4.39 Å². The predicted molar refractivity (Wildman–Crippen MR) is 81.4 cm³/mol. The minimum atomic E-state index is -0.0694. The van der Waals surface area contributed by atoms with E-state index in [1.54, 1.807) is 6.07 Å². The maximum Gasteiger partial charge on any atom is 0.129 e. The Labute approximate surface area is 121 Å². The third-order valence-corrected chi connectivity index (χ3v) is 4.34. The van der Waals surface area contributed by atoms with Gasteiger partial charge in [0.05, 0.1) is 0 Å². The third kappa shape index (κ3) is 3.51. The van der Waals surface area contributed by atoms with Crippen molar-refractivity contribution in [2.75, 3.05) is 24.5 Å². The molecule has 0 radical (unpaired) electrons. The largest absolute Gasteiger partial charge is 0.371 e. The summed E-state index contributed by atoms with van der Waals surface area (Å²) in [5, 5.41) is 3.27. The Hall–Kier alpha value is -1.09. The Balaban J connectivity index is 1.81. The number of hydrogen-bond donors (Lipinski definition) is 1. The lowest BCUT2D eigenvalue weighted by Crippen LogP contribution is -2.30. The van der Waals surface area contributed by atoms with E-state index < -0.39 is 0 Å². The quantitative estimate of drug-likeness (QED) is 0.781. The zero-order valence-electron chi connectivity index (χ0n) is 12.4. The standard InChI is InChI=1S/C17H25FN2/c1-2-19-10-15-16(18)4-3-5-17(15)20(11-13-6-7-13)12-14-8-9-14/h3-5,13-14,19H,2,6-12H2,1H3. The summed E-state index contributed by atoms with van der Waals surface area (Å²) < 4.78 is 14.2. The summed E-state index contributed by atoms with van der Waals surface area (Å²) in [6.07, 6.45) is 5.39. The Morgan fingerprint density at radius 2 is 1.80 bits per heavy atom. The lowest BCUT2D eigenvalue weighted by Gasteiger charge is -2.27. The molecule has 1 aromatic carbocycles. The van der Waals surface area contributed by atoms with Gasteiger partial charge in [-0.1, -0.05) is 13.0 Å². The van der Waals surface area contributed by atoms with E-state index in [2.05, 4.69) is 23.2 Å². The summed E-state index contributed by atoms with van der Waals surface area (Å²) >= 11 is 0. The summed E-state index contributed by atoms with van der Waals surface area (Å²) in [6, 6.07) is 5.54. The predicted octanol–water partition coefficient (Wildman–Crippen LogP) is 3.56. The molecule has 0 atom stereocenters. The highest BCUT2D eigenvalue weighted by molar-refractivity contribution is 5.54. The van der Waals surface area contributed by atoms with E-state index in [-0.39, 0.29) is 5.82 Å². The molecule has 2 saturated carbocycles. The summed E-state index contributed by atoms with van der Waals surface area (Å²) in [4.78, 5) is 2.45. The maximum atomic E-state index is 14.2. The number of rotatable bonds is 8. The van der Waals surface area contributed by atoms with Crippen LogP contribution in [0.1, 0.15) is 38.2 Å². The highest BCUT2D eigenvalue weighted by atomic mass is 19.1. The molecule has 110 valence electrons. The molecule has 1 N–H and O–H groups in total. The minimum absolute atomic E-state index is 0.0694. The van der Waals surface area contributed by atoms with Crippen LogP contribution in [0.2, 0.25) is 0 Å². The number of nitrogens with one attached hydrogen (secondary N) is 1. The van der Waals surface area contributed by atoms with E-state index in [1.807, 2.05) is 6.07 Å². The van der Waals surface area contributed by atoms with Gasteiger partial charge in [-0.2, -0.15) is 0 Å². The van der Waals surface area contributed by atoms with Gasteiger partial charge in [0.15, 0.2) is 0 Å². The average Bonchev–Trinajstić information content (AvgIpc) is 3.32. The average molecular weight is 276 g/mol. The van der Waals surface area contributed by atoms with Gasteiger partial charge in [0.2, 0.25) is 0 Å². The number of halogens is 1. The molecule has 0 aliphatic heterocycles. The molecular weight excluding hydrogens is 251 g/mol. The number of anilines is 1. The zero-order chi connectivity index (χ0) is 13.9. The molecule has 0 heterocycles. The van der Waals surface area contributed by atoms with Crippen molar-refractivity contribution in [2.24, 2.45) is 11.8 Å². The van der Waals surface area contributed by atoms with Crippen LogP contribution >= 0.6 is 0 Å². The van der Waals surface area contributed by atoms with Gasteiger partial charge < -0.3 is 10.2 Å². The molecule has 3 heteroatoms. The third-order valence-electron chi connectivity index (χ3n) is 4.34. The van der Waals surface area contributed by atoms with Crippen LogP contribution in [0.15, 0.2) is 18.2 Å².